The van der Waals surface area contributed by atoms with Crippen molar-refractivity contribution in [3.8, 4) is 0 Å². The van der Waals surface area contributed by atoms with E-state index in [1.165, 1.54) is 44.5 Å². The highest BCUT2D eigenvalue weighted by Crippen LogP contribution is 2.55. The molecule has 0 nitrogen and oxygen atoms in total. The summed E-state index contributed by atoms with van der Waals surface area (Å²) in [5.74, 6) is 0.504. The van der Waals surface area contributed by atoms with Gasteiger partial charge in [-0.25, -0.2) is 0 Å². The van der Waals surface area contributed by atoms with Crippen LogP contribution in [0.4, 0.5) is 0 Å². The quantitative estimate of drug-likeness (QED) is 0.374. The molecule has 0 aliphatic heterocycles. The molecule has 5 rings (SSSR count). The minimum Gasteiger partial charge on any atom is -0.0694 e. The van der Waals surface area contributed by atoms with Crippen molar-refractivity contribution in [1.29, 1.82) is 0 Å². The highest BCUT2D eigenvalue weighted by molar-refractivity contribution is 6.88. The van der Waals surface area contributed by atoms with Crippen LogP contribution < -0.4 is 0 Å². The molecular formula is C30H32Si. The second-order valence-corrected chi connectivity index (χ2v) is 14.6. The highest BCUT2D eigenvalue weighted by Gasteiger charge is 2.47. The lowest BCUT2D eigenvalue weighted by Crippen LogP contribution is -2.39. The number of rotatable bonds is 3. The lowest BCUT2D eigenvalue weighted by Gasteiger charge is -2.38. The first kappa shape index (κ1) is 20.3. The molecule has 3 aromatic rings. The average molecular weight is 421 g/mol. The van der Waals surface area contributed by atoms with Crippen LogP contribution in [-0.2, 0) is 0 Å². The van der Waals surface area contributed by atoms with Gasteiger partial charge in [-0.15, -0.1) is 0 Å². The Morgan fingerprint density at radius 1 is 0.742 bits per heavy atom. The van der Waals surface area contributed by atoms with Gasteiger partial charge in [0.05, 0.1) is 8.07 Å². The molecule has 0 spiro atoms. The molecule has 0 radical (unpaired) electrons. The van der Waals surface area contributed by atoms with E-state index in [1.807, 2.05) is 0 Å². The number of aryl methyl sites for hydroxylation is 2. The minimum atomic E-state index is -1.90. The summed E-state index contributed by atoms with van der Waals surface area (Å²) in [6.45, 7) is 14.6. The lowest BCUT2D eigenvalue weighted by molar-refractivity contribution is 0.946. The Hall–Kier alpha value is -2.64. The van der Waals surface area contributed by atoms with Gasteiger partial charge in [0.15, 0.2) is 0 Å². The summed E-state index contributed by atoms with van der Waals surface area (Å²) < 4.78 is 0. The van der Waals surface area contributed by atoms with Crippen molar-refractivity contribution in [2.45, 2.75) is 52.2 Å². The Balaban J connectivity index is 1.74. The first-order valence-corrected chi connectivity index (χ1v) is 14.6. The number of allylic oxidation sites excluding steroid dienone is 3. The van der Waals surface area contributed by atoms with Gasteiger partial charge in [0.25, 0.3) is 0 Å². The van der Waals surface area contributed by atoms with Gasteiger partial charge in [0.1, 0.15) is 0 Å². The SMILES string of the molecule is CC1=C([Si](C)(C)C2C(c3ccccc3)=Cc3c(C)ccc(C)c32)C(C)c2ccccc21. The van der Waals surface area contributed by atoms with E-state index in [0.717, 1.165) is 0 Å². The van der Waals surface area contributed by atoms with Crippen LogP contribution in [0.15, 0.2) is 71.9 Å². The predicted molar refractivity (Wildman–Crippen MR) is 138 cm³/mol. The molecule has 0 saturated carbocycles. The van der Waals surface area contributed by atoms with E-state index < -0.39 is 8.07 Å². The maximum atomic E-state index is 2.62. The van der Waals surface area contributed by atoms with Crippen molar-refractivity contribution in [2.75, 3.05) is 0 Å². The first-order chi connectivity index (χ1) is 14.8. The van der Waals surface area contributed by atoms with Crippen molar-refractivity contribution >= 4 is 25.3 Å². The van der Waals surface area contributed by atoms with Crippen LogP contribution in [0.25, 0.3) is 17.2 Å². The van der Waals surface area contributed by atoms with Gasteiger partial charge in [0.2, 0.25) is 0 Å². The molecule has 2 unspecified atom stereocenters. The molecule has 0 heterocycles. The number of benzene rings is 3. The molecule has 2 aliphatic carbocycles. The zero-order chi connectivity index (χ0) is 21.9. The van der Waals surface area contributed by atoms with Crippen LogP contribution >= 0.6 is 0 Å². The van der Waals surface area contributed by atoms with Gasteiger partial charge in [-0.05, 0) is 76.8 Å². The Kier molecular flexibility index (Phi) is 4.71. The molecule has 2 atom stereocenters. The zero-order valence-corrected chi connectivity index (χ0v) is 20.6. The molecule has 0 fully saturated rings. The van der Waals surface area contributed by atoms with Gasteiger partial charge in [0, 0.05) is 5.54 Å². The normalized spacial score (nSPS) is 20.0. The Labute approximate surface area is 188 Å². The molecule has 0 amide bonds. The van der Waals surface area contributed by atoms with E-state index >= 15 is 0 Å². The Morgan fingerprint density at radius 3 is 2.10 bits per heavy atom. The standard InChI is InChI=1S/C30H32Si/c1-19-16-17-20(2)28-26(19)18-27(23-12-8-7-9-13-23)30(28)31(5,6)29-21(3)24-14-10-11-15-25(24)22(29)4/h7-18,21,30H,1-6H3. The second kappa shape index (κ2) is 7.21. The Morgan fingerprint density at radius 2 is 1.39 bits per heavy atom. The molecule has 0 N–H and O–H groups in total. The van der Waals surface area contributed by atoms with E-state index in [1.54, 1.807) is 10.8 Å². The Bertz CT molecular complexity index is 1240. The maximum absolute atomic E-state index is 2.62. The molecule has 156 valence electrons. The van der Waals surface area contributed by atoms with Crippen LogP contribution in [0.5, 0.6) is 0 Å². The number of hydrogen-bond donors (Lipinski definition) is 0. The van der Waals surface area contributed by atoms with Gasteiger partial charge >= 0.3 is 0 Å². The van der Waals surface area contributed by atoms with E-state index in [0.29, 0.717) is 11.5 Å². The molecule has 2 aliphatic rings. The molecular weight excluding hydrogens is 388 g/mol. The van der Waals surface area contributed by atoms with Crippen LogP contribution in [0.2, 0.25) is 13.1 Å². The molecule has 0 saturated heterocycles. The number of fused-ring (bicyclic) bond motifs is 2. The smallest absolute Gasteiger partial charge is 0.0694 e. The van der Waals surface area contributed by atoms with Crippen LogP contribution in [0.3, 0.4) is 0 Å². The topological polar surface area (TPSA) is 0 Å². The van der Waals surface area contributed by atoms with Gasteiger partial charge in [-0.1, -0.05) is 98.0 Å². The fourth-order valence-corrected chi connectivity index (χ4v) is 11.3. The van der Waals surface area contributed by atoms with E-state index in [9.17, 15) is 0 Å². The zero-order valence-electron chi connectivity index (χ0n) is 19.6. The summed E-state index contributed by atoms with van der Waals surface area (Å²) in [5.41, 5.74) is 13.8. The molecule has 1 heteroatoms. The van der Waals surface area contributed by atoms with Crippen molar-refractivity contribution in [1.82, 2.24) is 0 Å². The fourth-order valence-electron chi connectivity index (χ4n) is 6.49. The summed E-state index contributed by atoms with van der Waals surface area (Å²) in [6.07, 6.45) is 2.51. The summed E-state index contributed by atoms with van der Waals surface area (Å²) >= 11 is 0. The number of hydrogen-bond acceptors (Lipinski definition) is 0. The third-order valence-electron chi connectivity index (χ3n) is 7.81. The molecule has 31 heavy (non-hydrogen) atoms. The summed E-state index contributed by atoms with van der Waals surface area (Å²) in [6, 6.07) is 24.8. The lowest BCUT2D eigenvalue weighted by atomic mass is 9.97. The van der Waals surface area contributed by atoms with Gasteiger partial charge in [-0.2, -0.15) is 0 Å². The summed E-state index contributed by atoms with van der Waals surface area (Å²) in [5, 5.41) is 1.73. The second-order valence-electron chi connectivity index (χ2n) is 9.99. The van der Waals surface area contributed by atoms with E-state index in [-0.39, 0.29) is 0 Å². The summed E-state index contributed by atoms with van der Waals surface area (Å²) in [7, 11) is -1.90. The van der Waals surface area contributed by atoms with Gasteiger partial charge in [-0.3, -0.25) is 0 Å². The largest absolute Gasteiger partial charge is 0.0888 e. The molecule has 0 bridgehead atoms. The van der Waals surface area contributed by atoms with Gasteiger partial charge < -0.3 is 0 Å². The van der Waals surface area contributed by atoms with E-state index in [4.69, 9.17) is 0 Å². The third-order valence-corrected chi connectivity index (χ3v) is 12.1. The van der Waals surface area contributed by atoms with Crippen molar-refractivity contribution in [3.63, 3.8) is 0 Å². The van der Waals surface area contributed by atoms with Crippen molar-refractivity contribution in [3.05, 3.63) is 111 Å². The first-order valence-electron chi connectivity index (χ1n) is 11.5. The van der Waals surface area contributed by atoms with Crippen molar-refractivity contribution < 1.29 is 0 Å². The van der Waals surface area contributed by atoms with Crippen LogP contribution in [0, 0.1) is 13.8 Å². The molecule has 0 aromatic heterocycles. The minimum absolute atomic E-state index is 0.478. The monoisotopic (exact) mass is 420 g/mol. The highest BCUT2D eigenvalue weighted by atomic mass is 28.3. The average Bonchev–Trinajstić information content (AvgIpc) is 3.30. The fraction of sp³-hybridized carbons (Fsp3) is 0.267. The molecule has 3 aromatic carbocycles. The maximum Gasteiger partial charge on any atom is 0.0888 e. The van der Waals surface area contributed by atoms with Crippen molar-refractivity contribution in [2.24, 2.45) is 0 Å². The third kappa shape index (κ3) is 2.94. The van der Waals surface area contributed by atoms with E-state index in [2.05, 4.69) is 114 Å². The van der Waals surface area contributed by atoms with Crippen LogP contribution in [-0.4, -0.2) is 8.07 Å². The summed E-state index contributed by atoms with van der Waals surface area (Å²) in [4.78, 5) is 0. The predicted octanol–water partition coefficient (Wildman–Crippen LogP) is 8.32. The van der Waals surface area contributed by atoms with Crippen LogP contribution in [0.1, 0.15) is 64.3 Å².